The number of benzene rings is 1. The molecule has 5 heteroatoms. The van der Waals surface area contributed by atoms with Crippen molar-refractivity contribution in [2.75, 3.05) is 0 Å². The van der Waals surface area contributed by atoms with Crippen LogP contribution in [-0.4, -0.2) is 16.1 Å². The molecule has 0 spiro atoms. The lowest BCUT2D eigenvalue weighted by atomic mass is 10.2. The molecule has 3 rings (SSSR count). The van der Waals surface area contributed by atoms with Gasteiger partial charge in [-0.1, -0.05) is 12.1 Å². The summed E-state index contributed by atoms with van der Waals surface area (Å²) in [5, 5.41) is 11.5. The fraction of sp³-hybridized carbons (Fsp3) is 0.231. The molecule has 0 amide bonds. The Kier molecular flexibility index (Phi) is 2.63. The second-order valence-corrected chi connectivity index (χ2v) is 5.23. The highest BCUT2D eigenvalue weighted by atomic mass is 32.1. The van der Waals surface area contributed by atoms with Crippen molar-refractivity contribution in [1.82, 2.24) is 4.98 Å². The SMILES string of the molecule is O=C(O)C1CC1c1csc(-c2cccc(F)c2)n1. The molecule has 1 aromatic heterocycles. The number of hydrogen-bond acceptors (Lipinski definition) is 3. The van der Waals surface area contributed by atoms with Gasteiger partial charge in [-0.05, 0) is 18.6 Å². The van der Waals surface area contributed by atoms with E-state index in [1.807, 2.05) is 5.38 Å². The summed E-state index contributed by atoms with van der Waals surface area (Å²) in [6, 6.07) is 6.26. The number of nitrogens with zero attached hydrogens (tertiary/aromatic N) is 1. The highest BCUT2D eigenvalue weighted by Gasteiger charge is 2.45. The molecule has 3 nitrogen and oxygen atoms in total. The molecule has 1 saturated carbocycles. The van der Waals surface area contributed by atoms with Gasteiger partial charge in [-0.25, -0.2) is 9.37 Å². The summed E-state index contributed by atoms with van der Waals surface area (Å²) >= 11 is 1.42. The van der Waals surface area contributed by atoms with Crippen molar-refractivity contribution in [3.8, 4) is 10.6 Å². The lowest BCUT2D eigenvalue weighted by molar-refractivity contribution is -0.138. The van der Waals surface area contributed by atoms with E-state index in [0.29, 0.717) is 6.42 Å². The van der Waals surface area contributed by atoms with E-state index in [4.69, 9.17) is 5.11 Å². The van der Waals surface area contributed by atoms with Gasteiger partial charge in [0, 0.05) is 16.9 Å². The number of carboxylic acid groups (broad SMARTS) is 1. The van der Waals surface area contributed by atoms with Crippen molar-refractivity contribution in [2.45, 2.75) is 12.3 Å². The van der Waals surface area contributed by atoms with Gasteiger partial charge in [0.2, 0.25) is 0 Å². The maximum Gasteiger partial charge on any atom is 0.307 e. The van der Waals surface area contributed by atoms with E-state index in [2.05, 4.69) is 4.98 Å². The van der Waals surface area contributed by atoms with Gasteiger partial charge in [0.25, 0.3) is 0 Å². The average molecular weight is 263 g/mol. The van der Waals surface area contributed by atoms with Crippen molar-refractivity contribution < 1.29 is 14.3 Å². The fourth-order valence-electron chi connectivity index (χ4n) is 2.01. The second-order valence-electron chi connectivity index (χ2n) is 4.37. The summed E-state index contributed by atoms with van der Waals surface area (Å²) in [4.78, 5) is 15.2. The standard InChI is InChI=1S/C13H10FNO2S/c14-8-3-1-2-7(4-8)12-15-11(6-18-12)9-5-10(9)13(16)17/h1-4,6,9-10H,5H2,(H,16,17). The van der Waals surface area contributed by atoms with Crippen molar-refractivity contribution >= 4 is 17.3 Å². The van der Waals surface area contributed by atoms with Crippen LogP contribution in [0, 0.1) is 11.7 Å². The molecule has 18 heavy (non-hydrogen) atoms. The number of thiazole rings is 1. The first-order valence-corrected chi connectivity index (χ1v) is 6.47. The van der Waals surface area contributed by atoms with E-state index in [1.165, 1.54) is 23.5 Å². The largest absolute Gasteiger partial charge is 0.481 e. The number of aliphatic carboxylic acids is 1. The minimum absolute atomic E-state index is 0.0288. The molecule has 1 N–H and O–H groups in total. The molecule has 2 atom stereocenters. The number of carbonyl (C=O) groups is 1. The molecule has 0 radical (unpaired) electrons. The summed E-state index contributed by atoms with van der Waals surface area (Å²) in [6.07, 6.45) is 0.654. The molecule has 1 aliphatic rings. The van der Waals surface area contributed by atoms with Crippen LogP contribution in [-0.2, 0) is 4.79 Å². The van der Waals surface area contributed by atoms with E-state index in [1.54, 1.807) is 12.1 Å². The topological polar surface area (TPSA) is 50.2 Å². The van der Waals surface area contributed by atoms with E-state index >= 15 is 0 Å². The first-order chi connectivity index (χ1) is 8.65. The van der Waals surface area contributed by atoms with Crippen molar-refractivity contribution in [3.63, 3.8) is 0 Å². The van der Waals surface area contributed by atoms with Crippen molar-refractivity contribution in [3.05, 3.63) is 41.2 Å². The van der Waals surface area contributed by atoms with Gasteiger partial charge in [-0.15, -0.1) is 11.3 Å². The van der Waals surface area contributed by atoms with Crippen LogP contribution in [0.15, 0.2) is 29.6 Å². The molecule has 0 saturated heterocycles. The van der Waals surface area contributed by atoms with Gasteiger partial charge in [0.15, 0.2) is 0 Å². The van der Waals surface area contributed by atoms with Crippen LogP contribution < -0.4 is 0 Å². The monoisotopic (exact) mass is 263 g/mol. The Morgan fingerprint density at radius 2 is 2.33 bits per heavy atom. The zero-order valence-corrected chi connectivity index (χ0v) is 10.2. The molecular weight excluding hydrogens is 253 g/mol. The highest BCUT2D eigenvalue weighted by molar-refractivity contribution is 7.13. The molecule has 1 aromatic carbocycles. The Morgan fingerprint density at radius 3 is 3.00 bits per heavy atom. The van der Waals surface area contributed by atoms with Gasteiger partial charge >= 0.3 is 5.97 Å². The Morgan fingerprint density at radius 1 is 1.50 bits per heavy atom. The maximum absolute atomic E-state index is 13.1. The summed E-state index contributed by atoms with van der Waals surface area (Å²) in [5.74, 6) is -1.33. The third-order valence-electron chi connectivity index (χ3n) is 3.08. The van der Waals surface area contributed by atoms with E-state index < -0.39 is 5.97 Å². The predicted octanol–water partition coefficient (Wildman–Crippen LogP) is 3.14. The second kappa shape index (κ2) is 4.17. The zero-order valence-electron chi connectivity index (χ0n) is 9.34. The molecule has 1 fully saturated rings. The van der Waals surface area contributed by atoms with E-state index in [-0.39, 0.29) is 17.7 Å². The van der Waals surface area contributed by atoms with Crippen LogP contribution >= 0.6 is 11.3 Å². The number of aromatic nitrogens is 1. The Bertz CT molecular complexity index is 611. The Balaban J connectivity index is 1.84. The first-order valence-electron chi connectivity index (χ1n) is 5.59. The number of rotatable bonds is 3. The van der Waals surface area contributed by atoms with E-state index in [9.17, 15) is 9.18 Å². The molecule has 2 unspecified atom stereocenters. The Hall–Kier alpha value is -1.75. The predicted molar refractivity (Wildman–Crippen MR) is 66.0 cm³/mol. The smallest absolute Gasteiger partial charge is 0.307 e. The zero-order chi connectivity index (χ0) is 12.7. The average Bonchev–Trinajstić information content (AvgIpc) is 3.00. The third kappa shape index (κ3) is 2.01. The summed E-state index contributed by atoms with van der Waals surface area (Å²) in [7, 11) is 0. The lowest BCUT2D eigenvalue weighted by Gasteiger charge is -1.95. The minimum Gasteiger partial charge on any atom is -0.481 e. The van der Waals surface area contributed by atoms with Gasteiger partial charge < -0.3 is 5.11 Å². The maximum atomic E-state index is 13.1. The fourth-order valence-corrected chi connectivity index (χ4v) is 2.89. The molecule has 92 valence electrons. The third-order valence-corrected chi connectivity index (χ3v) is 3.99. The summed E-state index contributed by atoms with van der Waals surface area (Å²) in [5.41, 5.74) is 1.55. The molecule has 0 aliphatic heterocycles. The van der Waals surface area contributed by atoms with Gasteiger partial charge in [0.05, 0.1) is 11.6 Å². The number of hydrogen-bond donors (Lipinski definition) is 1. The van der Waals surface area contributed by atoms with Crippen LogP contribution in [0.1, 0.15) is 18.0 Å². The van der Waals surface area contributed by atoms with Crippen LogP contribution in [0.25, 0.3) is 10.6 Å². The van der Waals surface area contributed by atoms with Crippen molar-refractivity contribution in [1.29, 1.82) is 0 Å². The van der Waals surface area contributed by atoms with Crippen LogP contribution in [0.2, 0.25) is 0 Å². The van der Waals surface area contributed by atoms with Gasteiger partial charge in [0.1, 0.15) is 10.8 Å². The first kappa shape index (κ1) is 11.3. The highest BCUT2D eigenvalue weighted by Crippen LogP contribution is 2.48. The Labute approximate surface area is 107 Å². The normalized spacial score (nSPS) is 21.8. The number of halogens is 1. The molecule has 1 heterocycles. The van der Waals surface area contributed by atoms with Crippen molar-refractivity contribution in [2.24, 2.45) is 5.92 Å². The molecule has 0 bridgehead atoms. The minimum atomic E-state index is -0.764. The molecule has 1 aliphatic carbocycles. The number of carboxylic acids is 1. The summed E-state index contributed by atoms with van der Waals surface area (Å²) in [6.45, 7) is 0. The quantitative estimate of drug-likeness (QED) is 0.925. The summed E-state index contributed by atoms with van der Waals surface area (Å²) < 4.78 is 13.1. The molecular formula is C13H10FNO2S. The molecule has 2 aromatic rings. The lowest BCUT2D eigenvalue weighted by Crippen LogP contribution is -1.98. The van der Waals surface area contributed by atoms with Crippen LogP contribution in [0.4, 0.5) is 4.39 Å². The van der Waals surface area contributed by atoms with Gasteiger partial charge in [-0.2, -0.15) is 0 Å². The van der Waals surface area contributed by atoms with E-state index in [0.717, 1.165) is 16.3 Å². The van der Waals surface area contributed by atoms with Gasteiger partial charge in [-0.3, -0.25) is 4.79 Å². The van der Waals surface area contributed by atoms with Crippen LogP contribution in [0.5, 0.6) is 0 Å². The van der Waals surface area contributed by atoms with Crippen LogP contribution in [0.3, 0.4) is 0 Å².